The molecular formula is C9H18N2. The van der Waals surface area contributed by atoms with Gasteiger partial charge in [-0.05, 0) is 26.3 Å². The third kappa shape index (κ3) is 3.94. The Morgan fingerprint density at radius 1 is 1.55 bits per heavy atom. The zero-order valence-corrected chi connectivity index (χ0v) is 7.89. The second-order valence-corrected chi connectivity index (χ2v) is 3.14. The van der Waals surface area contributed by atoms with Gasteiger partial charge in [0.2, 0.25) is 0 Å². The lowest BCUT2D eigenvalue weighted by molar-refractivity contribution is 0.700. The van der Waals surface area contributed by atoms with Crippen LogP contribution < -0.4 is 5.73 Å². The van der Waals surface area contributed by atoms with Crippen molar-refractivity contribution in [3.8, 4) is 0 Å². The summed E-state index contributed by atoms with van der Waals surface area (Å²) < 4.78 is 0. The van der Waals surface area contributed by atoms with Crippen molar-refractivity contribution >= 4 is 5.71 Å². The van der Waals surface area contributed by atoms with Gasteiger partial charge in [0.15, 0.2) is 0 Å². The summed E-state index contributed by atoms with van der Waals surface area (Å²) in [6.07, 6.45) is 5.08. The molecule has 0 saturated heterocycles. The first-order chi connectivity index (χ1) is 5.02. The Balaban J connectivity index is 4.33. The lowest BCUT2D eigenvalue weighted by Crippen LogP contribution is -2.40. The first kappa shape index (κ1) is 10.4. The summed E-state index contributed by atoms with van der Waals surface area (Å²) in [7, 11) is 1.77. The molecule has 0 atom stereocenters. The summed E-state index contributed by atoms with van der Waals surface area (Å²) in [6.45, 7) is 6.00. The van der Waals surface area contributed by atoms with E-state index in [0.29, 0.717) is 0 Å². The molecule has 64 valence electrons. The van der Waals surface area contributed by atoms with E-state index < -0.39 is 0 Å². The summed E-state index contributed by atoms with van der Waals surface area (Å²) in [4.78, 5) is 4.10. The Morgan fingerprint density at radius 2 is 2.09 bits per heavy atom. The van der Waals surface area contributed by atoms with E-state index in [4.69, 9.17) is 5.73 Å². The smallest absolute Gasteiger partial charge is 0.0534 e. The Morgan fingerprint density at radius 3 is 2.36 bits per heavy atom. The van der Waals surface area contributed by atoms with Gasteiger partial charge < -0.3 is 5.73 Å². The molecule has 0 aromatic rings. The van der Waals surface area contributed by atoms with Gasteiger partial charge in [0.1, 0.15) is 0 Å². The normalized spacial score (nSPS) is 14.5. The number of hydrogen-bond donors (Lipinski definition) is 1. The summed E-state index contributed by atoms with van der Waals surface area (Å²) in [5.74, 6) is 0. The fraction of sp³-hybridized carbons (Fsp3) is 0.667. The van der Waals surface area contributed by atoms with E-state index in [1.807, 2.05) is 19.9 Å². The molecule has 0 fully saturated rings. The molecule has 0 aliphatic rings. The number of nitrogens with two attached hydrogens (primary N) is 1. The van der Waals surface area contributed by atoms with E-state index in [1.54, 1.807) is 7.05 Å². The second kappa shape index (κ2) is 4.29. The topological polar surface area (TPSA) is 38.4 Å². The minimum Gasteiger partial charge on any atom is -0.321 e. The van der Waals surface area contributed by atoms with Crippen molar-refractivity contribution in [3.05, 3.63) is 12.2 Å². The highest BCUT2D eigenvalue weighted by molar-refractivity contribution is 6.01. The van der Waals surface area contributed by atoms with Crippen LogP contribution in [-0.4, -0.2) is 18.3 Å². The summed E-state index contributed by atoms with van der Waals surface area (Å²) in [6, 6.07) is 0. The van der Waals surface area contributed by atoms with E-state index in [0.717, 1.165) is 12.1 Å². The van der Waals surface area contributed by atoms with E-state index in [2.05, 4.69) is 18.0 Å². The second-order valence-electron chi connectivity index (χ2n) is 3.14. The maximum Gasteiger partial charge on any atom is 0.0534 e. The number of aliphatic imine (C=N–C) groups is 1. The van der Waals surface area contributed by atoms with Gasteiger partial charge in [0, 0.05) is 7.05 Å². The van der Waals surface area contributed by atoms with E-state index >= 15 is 0 Å². The molecule has 2 N–H and O–H groups in total. The SMILES string of the molecule is CC/C=C\C(=NC)C(C)(C)N. The van der Waals surface area contributed by atoms with Crippen molar-refractivity contribution in [2.75, 3.05) is 7.05 Å². The summed E-state index contributed by atoms with van der Waals surface area (Å²) in [5.41, 5.74) is 6.47. The van der Waals surface area contributed by atoms with Crippen LogP contribution in [0.4, 0.5) is 0 Å². The molecule has 2 nitrogen and oxygen atoms in total. The van der Waals surface area contributed by atoms with Crippen LogP contribution in [0.25, 0.3) is 0 Å². The van der Waals surface area contributed by atoms with Crippen molar-refractivity contribution in [3.63, 3.8) is 0 Å². The molecule has 0 radical (unpaired) electrons. The molecule has 0 aliphatic carbocycles. The Labute approximate surface area is 69.2 Å². The molecule has 0 aromatic heterocycles. The number of nitrogens with zero attached hydrogens (tertiary/aromatic N) is 1. The van der Waals surface area contributed by atoms with Gasteiger partial charge in [-0.1, -0.05) is 13.0 Å². The molecule has 0 spiro atoms. The first-order valence-electron chi connectivity index (χ1n) is 3.95. The average Bonchev–Trinajstić information content (AvgIpc) is 1.87. The van der Waals surface area contributed by atoms with Crippen LogP contribution in [0.5, 0.6) is 0 Å². The van der Waals surface area contributed by atoms with Crippen molar-refractivity contribution in [2.45, 2.75) is 32.7 Å². The number of allylic oxidation sites excluding steroid dienone is 1. The maximum absolute atomic E-state index is 5.85. The van der Waals surface area contributed by atoms with Gasteiger partial charge in [0.05, 0.1) is 11.3 Å². The van der Waals surface area contributed by atoms with E-state index in [1.165, 1.54) is 0 Å². The zero-order valence-electron chi connectivity index (χ0n) is 7.89. The average molecular weight is 154 g/mol. The van der Waals surface area contributed by atoms with Crippen LogP contribution in [0.2, 0.25) is 0 Å². The molecule has 0 aromatic carbocycles. The van der Waals surface area contributed by atoms with Crippen LogP contribution in [0, 0.1) is 0 Å². The Bertz CT molecular complexity index is 161. The predicted octanol–water partition coefficient (Wildman–Crippen LogP) is 1.76. The maximum atomic E-state index is 5.85. The van der Waals surface area contributed by atoms with Gasteiger partial charge >= 0.3 is 0 Å². The molecule has 11 heavy (non-hydrogen) atoms. The van der Waals surface area contributed by atoms with Crippen LogP contribution in [0.3, 0.4) is 0 Å². The van der Waals surface area contributed by atoms with Gasteiger partial charge in [0.25, 0.3) is 0 Å². The molecule has 0 saturated carbocycles. The fourth-order valence-electron chi connectivity index (χ4n) is 0.807. The number of hydrogen-bond acceptors (Lipinski definition) is 2. The van der Waals surface area contributed by atoms with Gasteiger partial charge in [-0.25, -0.2) is 0 Å². The molecule has 0 bridgehead atoms. The van der Waals surface area contributed by atoms with Crippen molar-refractivity contribution in [2.24, 2.45) is 10.7 Å². The van der Waals surface area contributed by atoms with Crippen LogP contribution in [-0.2, 0) is 0 Å². The lowest BCUT2D eigenvalue weighted by atomic mass is 9.99. The zero-order chi connectivity index (χ0) is 8.91. The van der Waals surface area contributed by atoms with Gasteiger partial charge in [-0.15, -0.1) is 0 Å². The van der Waals surface area contributed by atoms with Crippen molar-refractivity contribution in [1.82, 2.24) is 0 Å². The summed E-state index contributed by atoms with van der Waals surface area (Å²) in [5, 5.41) is 0. The summed E-state index contributed by atoms with van der Waals surface area (Å²) >= 11 is 0. The minimum atomic E-state index is -0.319. The Kier molecular flexibility index (Phi) is 4.04. The van der Waals surface area contributed by atoms with Crippen molar-refractivity contribution in [1.29, 1.82) is 0 Å². The molecule has 0 amide bonds. The van der Waals surface area contributed by atoms with Crippen LogP contribution in [0.15, 0.2) is 17.1 Å². The quantitative estimate of drug-likeness (QED) is 0.618. The lowest BCUT2D eigenvalue weighted by Gasteiger charge is -2.18. The molecule has 0 heterocycles. The monoisotopic (exact) mass is 154 g/mol. The van der Waals surface area contributed by atoms with Crippen LogP contribution in [0.1, 0.15) is 27.2 Å². The van der Waals surface area contributed by atoms with E-state index in [9.17, 15) is 0 Å². The first-order valence-corrected chi connectivity index (χ1v) is 3.95. The molecular weight excluding hydrogens is 136 g/mol. The third-order valence-corrected chi connectivity index (χ3v) is 1.41. The minimum absolute atomic E-state index is 0.319. The third-order valence-electron chi connectivity index (χ3n) is 1.41. The number of rotatable bonds is 3. The van der Waals surface area contributed by atoms with Crippen molar-refractivity contribution < 1.29 is 0 Å². The van der Waals surface area contributed by atoms with E-state index in [-0.39, 0.29) is 5.54 Å². The molecule has 0 rings (SSSR count). The van der Waals surface area contributed by atoms with Crippen LogP contribution >= 0.6 is 0 Å². The van der Waals surface area contributed by atoms with Gasteiger partial charge in [-0.2, -0.15) is 0 Å². The fourth-order valence-corrected chi connectivity index (χ4v) is 0.807. The molecule has 0 aliphatic heterocycles. The predicted molar refractivity (Wildman–Crippen MR) is 51.1 cm³/mol. The molecule has 2 heteroatoms. The highest BCUT2D eigenvalue weighted by Crippen LogP contribution is 2.02. The largest absolute Gasteiger partial charge is 0.321 e. The standard InChI is InChI=1S/C9H18N2/c1-5-6-7-8(11-4)9(2,3)10/h6-7H,5,10H2,1-4H3/b7-6-,11-8?. The highest BCUT2D eigenvalue weighted by Gasteiger charge is 2.15. The Hall–Kier alpha value is -0.630. The molecule has 0 unspecified atom stereocenters. The highest BCUT2D eigenvalue weighted by atomic mass is 14.8. The van der Waals surface area contributed by atoms with Gasteiger partial charge in [-0.3, -0.25) is 4.99 Å².